The molecule has 172 valence electrons. The van der Waals surface area contributed by atoms with Crippen LogP contribution in [0.25, 0.3) is 5.76 Å². The Balaban J connectivity index is 1.93. The summed E-state index contributed by atoms with van der Waals surface area (Å²) < 4.78 is 5.38. The Kier molecular flexibility index (Phi) is 4.90. The van der Waals surface area contributed by atoms with E-state index in [4.69, 9.17) is 16.2 Å². The number of carbonyl (C=O) groups excluding carboxylic acids is 2. The van der Waals surface area contributed by atoms with Crippen molar-refractivity contribution in [3.05, 3.63) is 34.1 Å². The van der Waals surface area contributed by atoms with Crippen LogP contribution in [0.2, 0.25) is 0 Å². The first-order chi connectivity index (χ1) is 14.9. The quantitative estimate of drug-likeness (QED) is 0.283. The maximum atomic E-state index is 13.6. The molecule has 0 spiro atoms. The molecule has 1 amide bonds. The lowest BCUT2D eigenvalue weighted by molar-refractivity contribution is -0.151. The topological polar surface area (TPSA) is 180 Å². The summed E-state index contributed by atoms with van der Waals surface area (Å²) in [4.78, 5) is 27.2. The van der Waals surface area contributed by atoms with Crippen LogP contribution >= 0.6 is 0 Å². The molecule has 3 aliphatic rings. The maximum absolute atomic E-state index is 13.6. The summed E-state index contributed by atoms with van der Waals surface area (Å²) in [5.74, 6) is -3.72. The average Bonchev–Trinajstić information content (AvgIpc) is 2.71. The molecule has 8 N–H and O–H groups in total. The minimum atomic E-state index is -2.07. The standard InChI is InChI=1S/C22H27N3O7/c1-25(2)16-11-5-8-4-9-13(32-3)6-12(23)18(27)15(9)19(28)14(8)20(29)22(11,31)7-10(17(16)26)21(24)30/h6,8,11,16,26-28,31H,4-5,7,23H2,1-3H3,(H2,24,30)/t8-,11-,16-,22-/m0/s1. The van der Waals surface area contributed by atoms with E-state index >= 15 is 0 Å². The third-order valence-electron chi connectivity index (χ3n) is 7.03. The summed E-state index contributed by atoms with van der Waals surface area (Å²) in [5, 5.41) is 43.9. The maximum Gasteiger partial charge on any atom is 0.248 e. The van der Waals surface area contributed by atoms with Crippen LogP contribution in [0.15, 0.2) is 23.0 Å². The second kappa shape index (κ2) is 7.14. The highest BCUT2D eigenvalue weighted by Crippen LogP contribution is 2.54. The number of hydrogen-bond donors (Lipinski definition) is 6. The number of anilines is 1. The number of nitrogens with zero attached hydrogens (tertiary/aromatic N) is 1. The molecule has 1 aromatic rings. The van der Waals surface area contributed by atoms with E-state index in [0.29, 0.717) is 11.3 Å². The normalized spacial score (nSPS) is 29.5. The van der Waals surface area contributed by atoms with Crippen molar-refractivity contribution in [1.82, 2.24) is 4.90 Å². The van der Waals surface area contributed by atoms with Gasteiger partial charge in [-0.25, -0.2) is 0 Å². The molecule has 1 saturated carbocycles. The highest BCUT2D eigenvalue weighted by atomic mass is 16.5. The Morgan fingerprint density at radius 3 is 2.50 bits per heavy atom. The number of amides is 1. The molecule has 0 aliphatic heterocycles. The van der Waals surface area contributed by atoms with Gasteiger partial charge in [-0.2, -0.15) is 0 Å². The molecule has 4 atom stereocenters. The summed E-state index contributed by atoms with van der Waals surface area (Å²) in [6, 6.07) is 0.622. The zero-order chi connectivity index (χ0) is 23.7. The largest absolute Gasteiger partial charge is 0.510 e. The second-order valence-electron chi connectivity index (χ2n) is 8.94. The minimum Gasteiger partial charge on any atom is -0.510 e. The van der Waals surface area contributed by atoms with Gasteiger partial charge in [0.1, 0.15) is 28.6 Å². The number of aliphatic hydroxyl groups is 3. The molecule has 3 aliphatic carbocycles. The molecule has 1 fully saturated rings. The zero-order valence-corrected chi connectivity index (χ0v) is 18.0. The van der Waals surface area contributed by atoms with Crippen LogP contribution in [0.4, 0.5) is 5.69 Å². The van der Waals surface area contributed by atoms with Crippen molar-refractivity contribution in [3.63, 3.8) is 0 Å². The van der Waals surface area contributed by atoms with Crippen molar-refractivity contribution in [2.45, 2.75) is 30.9 Å². The number of phenolic OH excluding ortho intramolecular Hbond substituents is 1. The fourth-order valence-corrected chi connectivity index (χ4v) is 5.57. The molecule has 32 heavy (non-hydrogen) atoms. The van der Waals surface area contributed by atoms with Gasteiger partial charge in [0.15, 0.2) is 5.78 Å². The number of fused-ring (bicyclic) bond motifs is 3. The lowest BCUT2D eigenvalue weighted by Gasteiger charge is -2.51. The molecular weight excluding hydrogens is 418 g/mol. The first-order valence-corrected chi connectivity index (χ1v) is 10.2. The summed E-state index contributed by atoms with van der Waals surface area (Å²) in [6.45, 7) is 0. The molecule has 1 aromatic carbocycles. The van der Waals surface area contributed by atoms with Crippen LogP contribution in [-0.2, 0) is 16.0 Å². The van der Waals surface area contributed by atoms with Crippen molar-refractivity contribution in [3.8, 4) is 11.5 Å². The summed E-state index contributed by atoms with van der Waals surface area (Å²) in [5.41, 5.74) is 9.40. The number of benzene rings is 1. The minimum absolute atomic E-state index is 0.00279. The van der Waals surface area contributed by atoms with Crippen molar-refractivity contribution in [2.75, 3.05) is 26.9 Å². The van der Waals surface area contributed by atoms with Crippen LogP contribution in [0.5, 0.6) is 11.5 Å². The van der Waals surface area contributed by atoms with E-state index in [9.17, 15) is 30.0 Å². The van der Waals surface area contributed by atoms with E-state index in [1.807, 2.05) is 0 Å². The van der Waals surface area contributed by atoms with Crippen molar-refractivity contribution >= 4 is 23.1 Å². The molecule has 10 nitrogen and oxygen atoms in total. The van der Waals surface area contributed by atoms with Gasteiger partial charge in [-0.1, -0.05) is 0 Å². The van der Waals surface area contributed by atoms with Gasteiger partial charge < -0.3 is 36.6 Å². The van der Waals surface area contributed by atoms with Gasteiger partial charge in [0.25, 0.3) is 0 Å². The number of aromatic hydroxyl groups is 1. The Morgan fingerprint density at radius 1 is 1.28 bits per heavy atom. The number of ketones is 1. The Bertz CT molecular complexity index is 1110. The SMILES string of the molecule is COc1cc(N)c(O)c2c1C[C@H]1C[C@H]3[C@H](N(C)C)C(O)=C(C(N)=O)C[C@@]3(O)C(=O)C1=C2O. The first-order valence-electron chi connectivity index (χ1n) is 10.2. The number of methoxy groups -OCH3 is 1. The molecule has 0 aromatic heterocycles. The number of phenols is 1. The highest BCUT2D eigenvalue weighted by Gasteiger charge is 2.60. The number of likely N-dealkylation sites (N-methyl/N-ethyl adjacent to an activating group) is 1. The molecule has 4 rings (SSSR count). The Labute approximate surface area is 184 Å². The predicted octanol–water partition coefficient (Wildman–Crippen LogP) is 0.376. The number of hydrogen-bond acceptors (Lipinski definition) is 9. The average molecular weight is 445 g/mol. The zero-order valence-electron chi connectivity index (χ0n) is 18.0. The van der Waals surface area contributed by atoms with E-state index in [-0.39, 0.29) is 46.7 Å². The predicted molar refractivity (Wildman–Crippen MR) is 115 cm³/mol. The molecule has 0 heterocycles. The van der Waals surface area contributed by atoms with Crippen molar-refractivity contribution < 1.29 is 34.8 Å². The van der Waals surface area contributed by atoms with Crippen molar-refractivity contribution in [1.29, 1.82) is 0 Å². The van der Waals surface area contributed by atoms with Gasteiger partial charge in [-0.15, -0.1) is 0 Å². The fraction of sp³-hybridized carbons (Fsp3) is 0.455. The summed E-state index contributed by atoms with van der Waals surface area (Å²) in [6.07, 6.45) is 0.0102. The third-order valence-corrected chi connectivity index (χ3v) is 7.03. The third kappa shape index (κ3) is 2.79. The van der Waals surface area contributed by atoms with E-state index in [1.54, 1.807) is 19.0 Å². The van der Waals surface area contributed by atoms with Crippen LogP contribution in [-0.4, -0.2) is 69.9 Å². The van der Waals surface area contributed by atoms with Gasteiger partial charge >= 0.3 is 0 Å². The van der Waals surface area contributed by atoms with E-state index in [1.165, 1.54) is 13.2 Å². The number of rotatable bonds is 3. The van der Waals surface area contributed by atoms with Gasteiger partial charge in [0.2, 0.25) is 5.91 Å². The summed E-state index contributed by atoms with van der Waals surface area (Å²) >= 11 is 0. The Hall–Kier alpha value is -3.24. The number of aliphatic hydroxyl groups excluding tert-OH is 2. The number of primary amides is 1. The van der Waals surface area contributed by atoms with Gasteiger partial charge in [0, 0.05) is 29.5 Å². The molecule has 0 unspecified atom stereocenters. The van der Waals surface area contributed by atoms with Gasteiger partial charge in [0.05, 0.1) is 30.0 Å². The smallest absolute Gasteiger partial charge is 0.248 e. The molecule has 0 saturated heterocycles. The molecule has 0 bridgehead atoms. The lowest BCUT2D eigenvalue weighted by atomic mass is 9.57. The number of carbonyl (C=O) groups is 2. The van der Waals surface area contributed by atoms with E-state index < -0.39 is 47.3 Å². The van der Waals surface area contributed by atoms with Crippen LogP contribution in [0.1, 0.15) is 24.0 Å². The van der Waals surface area contributed by atoms with E-state index in [0.717, 1.165) is 0 Å². The molecule has 10 heteroatoms. The number of nitrogens with two attached hydrogens (primary N) is 2. The first kappa shape index (κ1) is 22.0. The lowest BCUT2D eigenvalue weighted by Crippen LogP contribution is -2.62. The fourth-order valence-electron chi connectivity index (χ4n) is 5.57. The number of ether oxygens (including phenoxy) is 1. The number of Topliss-reactive ketones (excluding diaryl/α,β-unsaturated/α-hetero) is 1. The summed E-state index contributed by atoms with van der Waals surface area (Å²) in [7, 11) is 4.77. The number of nitrogen functional groups attached to an aromatic ring is 1. The van der Waals surface area contributed by atoms with Crippen LogP contribution in [0, 0.1) is 11.8 Å². The molecule has 0 radical (unpaired) electrons. The highest BCUT2D eigenvalue weighted by molar-refractivity contribution is 6.10. The second-order valence-corrected chi connectivity index (χ2v) is 8.94. The van der Waals surface area contributed by atoms with Gasteiger partial charge in [-0.05, 0) is 32.9 Å². The van der Waals surface area contributed by atoms with Crippen LogP contribution < -0.4 is 16.2 Å². The van der Waals surface area contributed by atoms with Gasteiger partial charge in [-0.3, -0.25) is 14.5 Å². The monoisotopic (exact) mass is 445 g/mol. The molecular formula is C22H27N3O7. The van der Waals surface area contributed by atoms with Crippen LogP contribution in [0.3, 0.4) is 0 Å². The Morgan fingerprint density at radius 2 is 1.94 bits per heavy atom. The van der Waals surface area contributed by atoms with E-state index in [2.05, 4.69) is 0 Å². The van der Waals surface area contributed by atoms with Crippen molar-refractivity contribution in [2.24, 2.45) is 17.6 Å².